The lowest BCUT2D eigenvalue weighted by Crippen LogP contribution is -2.02. The molecule has 0 spiro atoms. The SMILES string of the molecule is c1cc(-c2nc(-c3ccc(-c4cccc5ccccc45)cc3)nc(-c3ccc4c(n3)oc3ccccc34)n2)cc(-n2c3ccccc3c3ccccc32)c1. The van der Waals surface area contributed by atoms with Crippen LogP contribution in [-0.2, 0) is 0 Å². The third-order valence-electron chi connectivity index (χ3n) is 10.3. The molecule has 6 nitrogen and oxygen atoms in total. The first kappa shape index (κ1) is 30.2. The van der Waals surface area contributed by atoms with Gasteiger partial charge in [-0.3, -0.25) is 0 Å². The summed E-state index contributed by atoms with van der Waals surface area (Å²) >= 11 is 0. The second-order valence-corrected chi connectivity index (χ2v) is 13.5. The molecule has 0 saturated carbocycles. The second-order valence-electron chi connectivity index (χ2n) is 13.5. The smallest absolute Gasteiger partial charge is 0.227 e. The number of hydrogen-bond acceptors (Lipinski definition) is 5. The number of furan rings is 1. The summed E-state index contributed by atoms with van der Waals surface area (Å²) < 4.78 is 8.48. The molecule has 0 radical (unpaired) electrons. The average molecular weight is 692 g/mol. The molecule has 0 aliphatic carbocycles. The number of para-hydroxylation sites is 3. The van der Waals surface area contributed by atoms with Crippen LogP contribution in [0.5, 0.6) is 0 Å². The number of nitrogens with zero attached hydrogens (tertiary/aromatic N) is 5. The zero-order chi connectivity index (χ0) is 35.6. The van der Waals surface area contributed by atoms with Crippen molar-refractivity contribution in [3.63, 3.8) is 0 Å². The molecule has 0 fully saturated rings. The predicted octanol–water partition coefficient (Wildman–Crippen LogP) is 12.1. The molecular formula is C48H29N5O. The zero-order valence-electron chi connectivity index (χ0n) is 28.9. The molecule has 0 atom stereocenters. The molecule has 0 unspecified atom stereocenters. The fourth-order valence-electron chi connectivity index (χ4n) is 7.74. The Labute approximate surface area is 309 Å². The van der Waals surface area contributed by atoms with Gasteiger partial charge < -0.3 is 8.98 Å². The van der Waals surface area contributed by atoms with Gasteiger partial charge in [0.1, 0.15) is 11.3 Å². The van der Waals surface area contributed by atoms with Crippen molar-refractivity contribution in [1.82, 2.24) is 24.5 Å². The Balaban J connectivity index is 1.07. The Morgan fingerprint density at radius 2 is 1.00 bits per heavy atom. The molecule has 54 heavy (non-hydrogen) atoms. The van der Waals surface area contributed by atoms with E-state index < -0.39 is 0 Å². The maximum atomic E-state index is 6.17. The Hall–Kier alpha value is -7.44. The minimum atomic E-state index is 0.470. The highest BCUT2D eigenvalue weighted by molar-refractivity contribution is 6.09. The van der Waals surface area contributed by atoms with Gasteiger partial charge in [-0.2, -0.15) is 0 Å². The van der Waals surface area contributed by atoms with Crippen molar-refractivity contribution < 1.29 is 4.42 Å². The molecular weight excluding hydrogens is 663 g/mol. The van der Waals surface area contributed by atoms with Gasteiger partial charge in [-0.05, 0) is 64.4 Å². The molecule has 7 aromatic carbocycles. The molecule has 252 valence electrons. The van der Waals surface area contributed by atoms with Gasteiger partial charge in [0.25, 0.3) is 0 Å². The van der Waals surface area contributed by atoms with Crippen LogP contribution >= 0.6 is 0 Å². The molecule has 0 amide bonds. The van der Waals surface area contributed by atoms with Crippen molar-refractivity contribution >= 4 is 54.6 Å². The van der Waals surface area contributed by atoms with Crippen molar-refractivity contribution in [3.05, 3.63) is 176 Å². The fourth-order valence-corrected chi connectivity index (χ4v) is 7.74. The van der Waals surface area contributed by atoms with E-state index in [2.05, 4.69) is 144 Å². The summed E-state index contributed by atoms with van der Waals surface area (Å²) in [6.45, 7) is 0. The summed E-state index contributed by atoms with van der Waals surface area (Å²) in [5, 5.41) is 6.82. The number of benzene rings is 7. The summed E-state index contributed by atoms with van der Waals surface area (Å²) in [5.74, 6) is 1.59. The van der Waals surface area contributed by atoms with Gasteiger partial charge in [-0.1, -0.05) is 133 Å². The van der Waals surface area contributed by atoms with Crippen LogP contribution in [0.1, 0.15) is 0 Å². The summed E-state index contributed by atoms with van der Waals surface area (Å²) in [6.07, 6.45) is 0. The van der Waals surface area contributed by atoms with Crippen LogP contribution in [0.15, 0.2) is 180 Å². The van der Waals surface area contributed by atoms with Crippen molar-refractivity contribution in [3.8, 4) is 51.1 Å². The lowest BCUT2D eigenvalue weighted by Gasteiger charge is -2.12. The van der Waals surface area contributed by atoms with Gasteiger partial charge in [0.2, 0.25) is 5.71 Å². The molecule has 0 bridgehead atoms. The molecule has 11 aromatic rings. The van der Waals surface area contributed by atoms with E-state index in [9.17, 15) is 0 Å². The largest absolute Gasteiger partial charge is 0.438 e. The molecule has 4 aromatic heterocycles. The maximum Gasteiger partial charge on any atom is 0.227 e. The van der Waals surface area contributed by atoms with Gasteiger partial charge in [-0.15, -0.1) is 0 Å². The van der Waals surface area contributed by atoms with Crippen LogP contribution < -0.4 is 0 Å². The van der Waals surface area contributed by atoms with Crippen LogP contribution in [0.3, 0.4) is 0 Å². The lowest BCUT2D eigenvalue weighted by molar-refractivity contribution is 0.654. The van der Waals surface area contributed by atoms with E-state index in [0.29, 0.717) is 28.9 Å². The van der Waals surface area contributed by atoms with Crippen molar-refractivity contribution in [2.75, 3.05) is 0 Å². The maximum absolute atomic E-state index is 6.17. The third-order valence-corrected chi connectivity index (χ3v) is 10.3. The topological polar surface area (TPSA) is 69.6 Å². The summed E-state index contributed by atoms with van der Waals surface area (Å²) in [4.78, 5) is 20.2. The van der Waals surface area contributed by atoms with Crippen molar-refractivity contribution in [2.45, 2.75) is 0 Å². The van der Waals surface area contributed by atoms with Gasteiger partial charge in [-0.25, -0.2) is 19.9 Å². The minimum Gasteiger partial charge on any atom is -0.438 e. The molecule has 4 heterocycles. The summed E-state index contributed by atoms with van der Waals surface area (Å²) in [7, 11) is 0. The second kappa shape index (κ2) is 12.1. The van der Waals surface area contributed by atoms with E-state index in [1.807, 2.05) is 36.4 Å². The number of hydrogen-bond donors (Lipinski definition) is 0. The van der Waals surface area contributed by atoms with E-state index >= 15 is 0 Å². The van der Waals surface area contributed by atoms with Gasteiger partial charge in [0.15, 0.2) is 17.5 Å². The normalized spacial score (nSPS) is 11.7. The van der Waals surface area contributed by atoms with Crippen LogP contribution in [0, 0.1) is 0 Å². The Kier molecular flexibility index (Phi) is 6.75. The molecule has 0 N–H and O–H groups in total. The predicted molar refractivity (Wildman–Crippen MR) is 218 cm³/mol. The molecule has 11 rings (SSSR count). The summed E-state index contributed by atoms with van der Waals surface area (Å²) in [6, 6.07) is 60.8. The van der Waals surface area contributed by atoms with E-state index in [4.69, 9.17) is 24.4 Å². The standard InChI is InChI=1S/C48H29N5O/c1-2-15-35-30(11-1)12-10-19-36(35)31-23-25-32(26-24-31)45-50-46(52-47(51-45)41-28-27-40-39-18-5-8-22-44(39)54-48(40)49-41)33-13-9-14-34(29-33)53-42-20-6-3-16-37(42)38-17-4-7-21-43(38)53/h1-29H. The Bertz CT molecular complexity index is 3170. The molecule has 0 saturated heterocycles. The first-order chi connectivity index (χ1) is 26.7. The lowest BCUT2D eigenvalue weighted by atomic mass is 9.97. The van der Waals surface area contributed by atoms with E-state index in [0.717, 1.165) is 49.8 Å². The van der Waals surface area contributed by atoms with E-state index in [-0.39, 0.29) is 0 Å². The van der Waals surface area contributed by atoms with Gasteiger partial charge in [0.05, 0.1) is 11.0 Å². The number of rotatable bonds is 5. The first-order valence-electron chi connectivity index (χ1n) is 18.0. The van der Waals surface area contributed by atoms with E-state index in [1.165, 1.54) is 27.1 Å². The quantitative estimate of drug-likeness (QED) is 0.180. The Morgan fingerprint density at radius 3 is 1.80 bits per heavy atom. The highest BCUT2D eigenvalue weighted by Crippen LogP contribution is 2.35. The molecule has 0 aliphatic rings. The van der Waals surface area contributed by atoms with Crippen LogP contribution in [0.2, 0.25) is 0 Å². The highest BCUT2D eigenvalue weighted by atomic mass is 16.3. The molecule has 0 aliphatic heterocycles. The van der Waals surface area contributed by atoms with Crippen LogP contribution in [0.4, 0.5) is 0 Å². The fraction of sp³-hybridized carbons (Fsp3) is 0. The first-order valence-corrected chi connectivity index (χ1v) is 18.0. The highest BCUT2D eigenvalue weighted by Gasteiger charge is 2.18. The minimum absolute atomic E-state index is 0.470. The van der Waals surface area contributed by atoms with E-state index in [1.54, 1.807) is 0 Å². The number of aromatic nitrogens is 5. The molecule has 6 heteroatoms. The number of fused-ring (bicyclic) bond motifs is 7. The van der Waals surface area contributed by atoms with Crippen molar-refractivity contribution in [1.29, 1.82) is 0 Å². The van der Waals surface area contributed by atoms with Gasteiger partial charge >= 0.3 is 0 Å². The van der Waals surface area contributed by atoms with Crippen LogP contribution in [-0.4, -0.2) is 24.5 Å². The third kappa shape index (κ3) is 4.89. The monoisotopic (exact) mass is 691 g/mol. The van der Waals surface area contributed by atoms with Gasteiger partial charge in [0, 0.05) is 38.4 Å². The zero-order valence-corrected chi connectivity index (χ0v) is 28.9. The Morgan fingerprint density at radius 1 is 0.389 bits per heavy atom. The van der Waals surface area contributed by atoms with Crippen molar-refractivity contribution in [2.24, 2.45) is 0 Å². The van der Waals surface area contributed by atoms with Crippen LogP contribution in [0.25, 0.3) is 106 Å². The summed E-state index contributed by atoms with van der Waals surface area (Å²) in [5.41, 5.74) is 9.32. The average Bonchev–Trinajstić information content (AvgIpc) is 3.79. The number of pyridine rings is 1.